The number of rotatable bonds is 3. The summed E-state index contributed by atoms with van der Waals surface area (Å²) >= 11 is 8.67. The molecule has 2 aromatic rings. The van der Waals surface area contributed by atoms with E-state index in [0.717, 1.165) is 42.8 Å². The van der Waals surface area contributed by atoms with Gasteiger partial charge in [-0.1, -0.05) is 15.9 Å². The van der Waals surface area contributed by atoms with Crippen molar-refractivity contribution in [1.29, 1.82) is 0 Å². The van der Waals surface area contributed by atoms with E-state index in [0.29, 0.717) is 0 Å². The molecule has 3 nitrogen and oxygen atoms in total. The molecule has 22 heavy (non-hydrogen) atoms. The number of piperazine rings is 1. The zero-order valence-electron chi connectivity index (χ0n) is 12.0. The van der Waals surface area contributed by atoms with Crippen LogP contribution in [0.3, 0.4) is 0 Å². The van der Waals surface area contributed by atoms with Gasteiger partial charge in [-0.25, -0.2) is 0 Å². The third-order valence-corrected chi connectivity index (χ3v) is 5.90. The Morgan fingerprint density at radius 3 is 2.27 bits per heavy atom. The van der Waals surface area contributed by atoms with Gasteiger partial charge >= 0.3 is 0 Å². The second-order valence-corrected chi connectivity index (χ2v) is 8.74. The van der Waals surface area contributed by atoms with Crippen LogP contribution in [-0.4, -0.2) is 41.9 Å². The van der Waals surface area contributed by atoms with Crippen molar-refractivity contribution in [2.24, 2.45) is 0 Å². The van der Waals surface area contributed by atoms with Crippen LogP contribution < -0.4 is 0 Å². The number of nitrogens with zero attached hydrogens (tertiary/aromatic N) is 2. The second-order valence-electron chi connectivity index (χ2n) is 5.28. The summed E-state index contributed by atoms with van der Waals surface area (Å²) in [5.41, 5.74) is 0.763. The Morgan fingerprint density at radius 2 is 1.68 bits per heavy atom. The molecule has 3 rings (SSSR count). The first kappa shape index (κ1) is 16.2. The summed E-state index contributed by atoms with van der Waals surface area (Å²) in [7, 11) is 0. The van der Waals surface area contributed by atoms with Gasteiger partial charge in [0.1, 0.15) is 0 Å². The quantitative estimate of drug-likeness (QED) is 0.708. The molecule has 0 atom stereocenters. The summed E-state index contributed by atoms with van der Waals surface area (Å²) in [5, 5.41) is 0. The van der Waals surface area contributed by atoms with Gasteiger partial charge in [0.25, 0.3) is 5.91 Å². The molecule has 116 valence electrons. The fraction of sp³-hybridized carbons (Fsp3) is 0.312. The summed E-state index contributed by atoms with van der Waals surface area (Å²) in [4.78, 5) is 18.2. The maximum atomic E-state index is 12.5. The van der Waals surface area contributed by atoms with E-state index >= 15 is 0 Å². The molecule has 2 heterocycles. The number of amides is 1. The van der Waals surface area contributed by atoms with E-state index in [-0.39, 0.29) is 5.91 Å². The van der Waals surface area contributed by atoms with Crippen molar-refractivity contribution in [2.45, 2.75) is 6.54 Å². The van der Waals surface area contributed by atoms with E-state index < -0.39 is 0 Å². The summed E-state index contributed by atoms with van der Waals surface area (Å²) in [6.07, 6.45) is 0. The summed E-state index contributed by atoms with van der Waals surface area (Å²) in [6.45, 7) is 4.41. The summed E-state index contributed by atoms with van der Waals surface area (Å²) < 4.78 is 2.17. The molecule has 1 aromatic carbocycles. The highest BCUT2D eigenvalue weighted by atomic mass is 79.9. The van der Waals surface area contributed by atoms with Gasteiger partial charge < -0.3 is 4.90 Å². The molecule has 0 unspecified atom stereocenters. The number of halogens is 2. The monoisotopic (exact) mass is 442 g/mol. The van der Waals surface area contributed by atoms with Crippen molar-refractivity contribution in [2.75, 3.05) is 26.2 Å². The van der Waals surface area contributed by atoms with Crippen molar-refractivity contribution in [1.82, 2.24) is 9.80 Å². The van der Waals surface area contributed by atoms with E-state index in [4.69, 9.17) is 0 Å². The number of thiophene rings is 1. The SMILES string of the molecule is O=C(c1ccc(Br)cc1)N1CCN(Cc2ccc(Br)s2)CC1. The first-order valence-electron chi connectivity index (χ1n) is 7.13. The standard InChI is InChI=1S/C16H16Br2N2OS/c17-13-3-1-12(2-4-13)16(21)20-9-7-19(8-10-20)11-14-5-6-15(18)22-14/h1-6H,7-11H2. The highest BCUT2D eigenvalue weighted by Gasteiger charge is 2.22. The molecule has 0 bridgehead atoms. The lowest BCUT2D eigenvalue weighted by molar-refractivity contribution is 0.0629. The molecule has 1 amide bonds. The summed E-state index contributed by atoms with van der Waals surface area (Å²) in [6, 6.07) is 11.8. The van der Waals surface area contributed by atoms with E-state index in [1.54, 1.807) is 11.3 Å². The lowest BCUT2D eigenvalue weighted by atomic mass is 10.2. The van der Waals surface area contributed by atoms with Crippen LogP contribution in [0.1, 0.15) is 15.2 Å². The molecule has 1 aliphatic rings. The zero-order valence-corrected chi connectivity index (χ0v) is 16.0. The van der Waals surface area contributed by atoms with Crippen molar-refractivity contribution in [3.63, 3.8) is 0 Å². The number of carbonyl (C=O) groups excluding carboxylic acids is 1. The summed E-state index contributed by atoms with van der Waals surface area (Å²) in [5.74, 6) is 0.131. The molecule has 1 saturated heterocycles. The number of carbonyl (C=O) groups is 1. The predicted octanol–water partition coefficient (Wildman–Crippen LogP) is 4.23. The topological polar surface area (TPSA) is 23.6 Å². The molecule has 0 radical (unpaired) electrons. The van der Waals surface area contributed by atoms with Gasteiger partial charge in [-0.3, -0.25) is 9.69 Å². The lowest BCUT2D eigenvalue weighted by Crippen LogP contribution is -2.48. The molecule has 6 heteroatoms. The number of hydrogen-bond donors (Lipinski definition) is 0. The largest absolute Gasteiger partial charge is 0.336 e. The van der Waals surface area contributed by atoms with Gasteiger partial charge in [0.05, 0.1) is 3.79 Å². The normalized spacial score (nSPS) is 16.0. The maximum absolute atomic E-state index is 12.5. The maximum Gasteiger partial charge on any atom is 0.253 e. The van der Waals surface area contributed by atoms with E-state index in [2.05, 4.69) is 48.9 Å². The predicted molar refractivity (Wildman–Crippen MR) is 97.3 cm³/mol. The van der Waals surface area contributed by atoms with E-state index in [1.807, 2.05) is 29.2 Å². The van der Waals surface area contributed by atoms with Crippen molar-refractivity contribution < 1.29 is 4.79 Å². The van der Waals surface area contributed by atoms with Crippen molar-refractivity contribution in [3.8, 4) is 0 Å². The highest BCUT2D eigenvalue weighted by Crippen LogP contribution is 2.23. The number of hydrogen-bond acceptors (Lipinski definition) is 3. The smallest absolute Gasteiger partial charge is 0.253 e. The Bertz CT molecular complexity index is 648. The van der Waals surface area contributed by atoms with E-state index in [1.165, 1.54) is 8.66 Å². The Morgan fingerprint density at radius 1 is 1.00 bits per heavy atom. The molecule has 1 aromatic heterocycles. The third kappa shape index (κ3) is 3.98. The van der Waals surface area contributed by atoms with E-state index in [9.17, 15) is 4.79 Å². The minimum atomic E-state index is 0.131. The molecule has 1 fully saturated rings. The molecule has 0 spiro atoms. The Hall–Kier alpha value is -0.690. The van der Waals surface area contributed by atoms with Crippen LogP contribution in [0.15, 0.2) is 44.7 Å². The van der Waals surface area contributed by atoms with Crippen LogP contribution in [0, 0.1) is 0 Å². The van der Waals surface area contributed by atoms with Crippen LogP contribution in [0.25, 0.3) is 0 Å². The minimum Gasteiger partial charge on any atom is -0.336 e. The molecule has 0 saturated carbocycles. The van der Waals surface area contributed by atoms with Gasteiger partial charge in [-0.2, -0.15) is 0 Å². The second kappa shape index (κ2) is 7.25. The van der Waals surface area contributed by atoms with Crippen LogP contribution in [0.2, 0.25) is 0 Å². The van der Waals surface area contributed by atoms with Crippen LogP contribution >= 0.6 is 43.2 Å². The first-order chi connectivity index (χ1) is 10.6. The molecular weight excluding hydrogens is 428 g/mol. The average Bonchev–Trinajstić information content (AvgIpc) is 2.93. The zero-order chi connectivity index (χ0) is 15.5. The average molecular weight is 444 g/mol. The Labute approximate surface area is 151 Å². The fourth-order valence-corrected chi connectivity index (χ4v) is 4.33. The fourth-order valence-electron chi connectivity index (χ4n) is 2.54. The van der Waals surface area contributed by atoms with Gasteiger partial charge in [-0.15, -0.1) is 11.3 Å². The Balaban J connectivity index is 1.55. The van der Waals surface area contributed by atoms with Crippen LogP contribution in [-0.2, 0) is 6.54 Å². The minimum absolute atomic E-state index is 0.131. The molecule has 1 aliphatic heterocycles. The lowest BCUT2D eigenvalue weighted by Gasteiger charge is -2.34. The van der Waals surface area contributed by atoms with Gasteiger partial charge in [0.15, 0.2) is 0 Å². The first-order valence-corrected chi connectivity index (χ1v) is 9.53. The van der Waals surface area contributed by atoms with Crippen LogP contribution in [0.4, 0.5) is 0 Å². The van der Waals surface area contributed by atoms with Gasteiger partial charge in [0.2, 0.25) is 0 Å². The molecule has 0 aliphatic carbocycles. The van der Waals surface area contributed by atoms with Crippen molar-refractivity contribution in [3.05, 3.63) is 55.1 Å². The highest BCUT2D eigenvalue weighted by molar-refractivity contribution is 9.11. The Kier molecular flexibility index (Phi) is 5.33. The van der Waals surface area contributed by atoms with Crippen LogP contribution in [0.5, 0.6) is 0 Å². The molecular formula is C16H16Br2N2OS. The molecule has 0 N–H and O–H groups in total. The van der Waals surface area contributed by atoms with Gasteiger partial charge in [0, 0.05) is 47.6 Å². The number of benzene rings is 1. The third-order valence-electron chi connectivity index (χ3n) is 3.76. The van der Waals surface area contributed by atoms with Crippen molar-refractivity contribution >= 4 is 49.1 Å². The van der Waals surface area contributed by atoms with Gasteiger partial charge in [-0.05, 0) is 52.3 Å².